The van der Waals surface area contributed by atoms with Gasteiger partial charge in [0.15, 0.2) is 0 Å². The van der Waals surface area contributed by atoms with Gasteiger partial charge < -0.3 is 10.1 Å². The highest BCUT2D eigenvalue weighted by Gasteiger charge is 2.15. The molecule has 6 heteroatoms. The van der Waals surface area contributed by atoms with Gasteiger partial charge in [-0.2, -0.15) is 0 Å². The highest BCUT2D eigenvalue weighted by Crippen LogP contribution is 2.21. The first-order chi connectivity index (χ1) is 12.6. The number of benzene rings is 3. The summed E-state index contributed by atoms with van der Waals surface area (Å²) in [5, 5.41) is 5.82. The van der Waals surface area contributed by atoms with Crippen LogP contribution in [0.2, 0.25) is 5.02 Å². The molecular weight excluding hydrogens is 352 g/mol. The number of hydrogen-bond donors (Lipinski definition) is 2. The maximum Gasteiger partial charge on any atom is 0.417 e. The lowest BCUT2D eigenvalue weighted by Crippen LogP contribution is -2.20. The molecule has 0 spiro atoms. The van der Waals surface area contributed by atoms with Crippen molar-refractivity contribution in [1.29, 1.82) is 0 Å². The van der Waals surface area contributed by atoms with E-state index in [0.29, 0.717) is 16.4 Å². The Bertz CT molecular complexity index is 929. The van der Waals surface area contributed by atoms with Crippen LogP contribution in [0.25, 0.3) is 0 Å². The number of carbonyl (C=O) groups excluding carboxylic acids is 2. The second-order valence-corrected chi connectivity index (χ2v) is 5.78. The van der Waals surface area contributed by atoms with Crippen molar-refractivity contribution in [2.45, 2.75) is 0 Å². The van der Waals surface area contributed by atoms with Crippen LogP contribution in [0, 0.1) is 0 Å². The standard InChI is InChI=1S/C20H15ClN2O3/c21-14-7-6-10-16(13-14)23-20(25)26-18-12-5-4-11-17(18)19(24)22-15-8-2-1-3-9-15/h1-13H,(H,22,24)(H,23,25). The molecule has 2 N–H and O–H groups in total. The number of nitrogens with one attached hydrogen (secondary N) is 2. The number of hydrogen-bond acceptors (Lipinski definition) is 3. The molecule has 2 amide bonds. The molecule has 0 radical (unpaired) electrons. The Morgan fingerprint density at radius 1 is 0.769 bits per heavy atom. The maximum absolute atomic E-state index is 12.5. The quantitative estimate of drug-likeness (QED) is 0.666. The summed E-state index contributed by atoms with van der Waals surface area (Å²) in [6.45, 7) is 0. The largest absolute Gasteiger partial charge is 0.417 e. The first-order valence-electron chi connectivity index (χ1n) is 7.81. The van der Waals surface area contributed by atoms with Crippen LogP contribution < -0.4 is 15.4 Å². The van der Waals surface area contributed by atoms with Crippen LogP contribution in [0.15, 0.2) is 78.9 Å². The van der Waals surface area contributed by atoms with E-state index in [1.807, 2.05) is 18.2 Å². The second-order valence-electron chi connectivity index (χ2n) is 5.34. The van der Waals surface area contributed by atoms with Crippen molar-refractivity contribution in [3.8, 4) is 5.75 Å². The highest BCUT2D eigenvalue weighted by molar-refractivity contribution is 6.30. The summed E-state index contributed by atoms with van der Waals surface area (Å²) >= 11 is 5.89. The molecule has 0 aliphatic rings. The van der Waals surface area contributed by atoms with E-state index in [1.165, 1.54) is 0 Å². The Morgan fingerprint density at radius 3 is 2.23 bits per heavy atom. The molecule has 0 bridgehead atoms. The maximum atomic E-state index is 12.5. The zero-order valence-corrected chi connectivity index (χ0v) is 14.4. The summed E-state index contributed by atoms with van der Waals surface area (Å²) in [5.41, 5.74) is 1.39. The highest BCUT2D eigenvalue weighted by atomic mass is 35.5. The molecular formula is C20H15ClN2O3. The fraction of sp³-hybridized carbons (Fsp3) is 0. The average molecular weight is 367 g/mol. The number of amides is 2. The lowest BCUT2D eigenvalue weighted by molar-refractivity contribution is 0.102. The number of para-hydroxylation sites is 2. The second kappa shape index (κ2) is 8.18. The lowest BCUT2D eigenvalue weighted by atomic mass is 10.2. The van der Waals surface area contributed by atoms with Crippen molar-refractivity contribution in [3.63, 3.8) is 0 Å². The smallest absolute Gasteiger partial charge is 0.409 e. The fourth-order valence-corrected chi connectivity index (χ4v) is 2.46. The van der Waals surface area contributed by atoms with E-state index in [1.54, 1.807) is 60.7 Å². The third kappa shape index (κ3) is 4.62. The number of halogens is 1. The SMILES string of the molecule is O=C(Nc1cccc(Cl)c1)Oc1ccccc1C(=O)Nc1ccccc1. The summed E-state index contributed by atoms with van der Waals surface area (Å²) < 4.78 is 5.29. The number of anilines is 2. The van der Waals surface area contributed by atoms with Crippen LogP contribution >= 0.6 is 11.6 Å². The Labute approximate surface area is 155 Å². The van der Waals surface area contributed by atoms with E-state index in [4.69, 9.17) is 16.3 Å². The molecule has 5 nitrogen and oxygen atoms in total. The summed E-state index contributed by atoms with van der Waals surface area (Å²) in [4.78, 5) is 24.6. The minimum Gasteiger partial charge on any atom is -0.409 e. The lowest BCUT2D eigenvalue weighted by Gasteiger charge is -2.11. The molecule has 0 aromatic heterocycles. The Morgan fingerprint density at radius 2 is 1.46 bits per heavy atom. The monoisotopic (exact) mass is 366 g/mol. The van der Waals surface area contributed by atoms with Gasteiger partial charge >= 0.3 is 6.09 Å². The first-order valence-corrected chi connectivity index (χ1v) is 8.19. The molecule has 3 aromatic rings. The molecule has 0 heterocycles. The number of ether oxygens (including phenoxy) is 1. The average Bonchev–Trinajstić information content (AvgIpc) is 2.63. The van der Waals surface area contributed by atoms with E-state index in [-0.39, 0.29) is 17.2 Å². The molecule has 0 saturated carbocycles. The molecule has 26 heavy (non-hydrogen) atoms. The summed E-state index contributed by atoms with van der Waals surface area (Å²) in [6, 6.07) is 22.2. The fourth-order valence-electron chi connectivity index (χ4n) is 2.27. The zero-order valence-electron chi connectivity index (χ0n) is 13.6. The predicted molar refractivity (Wildman–Crippen MR) is 102 cm³/mol. The van der Waals surface area contributed by atoms with Crippen molar-refractivity contribution in [1.82, 2.24) is 0 Å². The van der Waals surface area contributed by atoms with Crippen LogP contribution in [-0.4, -0.2) is 12.0 Å². The minimum absolute atomic E-state index is 0.153. The van der Waals surface area contributed by atoms with Gasteiger partial charge in [-0.25, -0.2) is 4.79 Å². The van der Waals surface area contributed by atoms with Crippen molar-refractivity contribution in [2.75, 3.05) is 10.6 Å². The van der Waals surface area contributed by atoms with Gasteiger partial charge in [0.2, 0.25) is 0 Å². The van der Waals surface area contributed by atoms with Gasteiger partial charge in [-0.05, 0) is 42.5 Å². The van der Waals surface area contributed by atoms with Crippen LogP contribution in [0.3, 0.4) is 0 Å². The van der Waals surface area contributed by atoms with E-state index < -0.39 is 6.09 Å². The normalized spacial score (nSPS) is 10.0. The van der Waals surface area contributed by atoms with Crippen LogP contribution in [0.5, 0.6) is 5.75 Å². The zero-order chi connectivity index (χ0) is 18.4. The molecule has 0 fully saturated rings. The van der Waals surface area contributed by atoms with Crippen molar-refractivity contribution < 1.29 is 14.3 Å². The van der Waals surface area contributed by atoms with E-state index >= 15 is 0 Å². The molecule has 0 atom stereocenters. The van der Waals surface area contributed by atoms with Gasteiger partial charge in [0.25, 0.3) is 5.91 Å². The molecule has 0 aliphatic heterocycles. The van der Waals surface area contributed by atoms with Crippen molar-refractivity contribution in [2.24, 2.45) is 0 Å². The van der Waals surface area contributed by atoms with Gasteiger partial charge in [0, 0.05) is 16.4 Å². The molecule has 3 aromatic carbocycles. The summed E-state index contributed by atoms with van der Waals surface area (Å²) in [6.07, 6.45) is -0.716. The molecule has 130 valence electrons. The van der Waals surface area contributed by atoms with Crippen LogP contribution in [0.4, 0.5) is 16.2 Å². The Balaban J connectivity index is 1.72. The summed E-state index contributed by atoms with van der Waals surface area (Å²) in [5.74, 6) is -0.220. The van der Waals surface area contributed by atoms with E-state index in [0.717, 1.165) is 0 Å². The van der Waals surface area contributed by atoms with Gasteiger partial charge in [0.1, 0.15) is 5.75 Å². The minimum atomic E-state index is -0.716. The van der Waals surface area contributed by atoms with Crippen molar-refractivity contribution >= 4 is 35.0 Å². The predicted octanol–water partition coefficient (Wildman–Crippen LogP) is 5.20. The van der Waals surface area contributed by atoms with E-state index in [2.05, 4.69) is 10.6 Å². The first kappa shape index (κ1) is 17.5. The summed E-state index contributed by atoms with van der Waals surface area (Å²) in [7, 11) is 0. The molecule has 0 aliphatic carbocycles. The van der Waals surface area contributed by atoms with Crippen LogP contribution in [0.1, 0.15) is 10.4 Å². The van der Waals surface area contributed by atoms with Crippen LogP contribution in [-0.2, 0) is 0 Å². The van der Waals surface area contributed by atoms with Gasteiger partial charge in [-0.3, -0.25) is 10.1 Å². The van der Waals surface area contributed by atoms with Gasteiger partial charge in [-0.1, -0.05) is 48.0 Å². The third-order valence-corrected chi connectivity index (χ3v) is 3.67. The van der Waals surface area contributed by atoms with Gasteiger partial charge in [-0.15, -0.1) is 0 Å². The number of rotatable bonds is 4. The third-order valence-electron chi connectivity index (χ3n) is 3.44. The van der Waals surface area contributed by atoms with Gasteiger partial charge in [0.05, 0.1) is 5.56 Å². The molecule has 0 saturated heterocycles. The molecule has 0 unspecified atom stereocenters. The molecule has 3 rings (SSSR count). The Kier molecular flexibility index (Phi) is 5.51. The Hall–Kier alpha value is -3.31. The topological polar surface area (TPSA) is 67.4 Å². The number of carbonyl (C=O) groups is 2. The van der Waals surface area contributed by atoms with Crippen molar-refractivity contribution in [3.05, 3.63) is 89.4 Å². The van der Waals surface area contributed by atoms with E-state index in [9.17, 15) is 9.59 Å².